The molecule has 1 rings (SSSR count). The van der Waals surface area contributed by atoms with Gasteiger partial charge in [-0.2, -0.15) is 18.6 Å². The number of carboxylic acids is 1. The van der Waals surface area contributed by atoms with Crippen LogP contribution in [-0.2, 0) is 4.79 Å². The van der Waals surface area contributed by atoms with Crippen molar-refractivity contribution in [3.8, 4) is 5.75 Å². The molecule has 25 heavy (non-hydrogen) atoms. The molecule has 6 nitrogen and oxygen atoms in total. The van der Waals surface area contributed by atoms with Crippen LogP contribution in [0.25, 0.3) is 0 Å². The molecule has 2 unspecified atom stereocenters. The number of rotatable bonds is 7. The highest BCUT2D eigenvalue weighted by Gasteiger charge is 2.62. The minimum Gasteiger partial charge on any atom is -0.495 e. The van der Waals surface area contributed by atoms with Crippen molar-refractivity contribution in [1.29, 1.82) is 0 Å². The van der Waals surface area contributed by atoms with Crippen molar-refractivity contribution in [1.82, 2.24) is 0 Å². The number of benzene rings is 1. The summed E-state index contributed by atoms with van der Waals surface area (Å²) < 4.78 is 58.0. The Morgan fingerprint density at radius 1 is 1.48 bits per heavy atom. The van der Waals surface area contributed by atoms with Gasteiger partial charge in [0.05, 0.1) is 12.1 Å². The lowest BCUT2D eigenvalue weighted by molar-refractivity contribution is -0.425. The van der Waals surface area contributed by atoms with E-state index in [-0.39, 0.29) is 22.7 Å². The number of hydrazine groups is 1. The molecule has 0 aliphatic carbocycles. The van der Waals surface area contributed by atoms with Gasteiger partial charge in [-0.15, -0.1) is 5.10 Å². The summed E-state index contributed by atoms with van der Waals surface area (Å²) in [5.41, 5.74) is -1.93. The van der Waals surface area contributed by atoms with E-state index in [0.29, 0.717) is 0 Å². The number of hydrazone groups is 1. The molecule has 0 aromatic heterocycles. The van der Waals surface area contributed by atoms with Gasteiger partial charge in [0.2, 0.25) is 6.21 Å². The second kappa shape index (κ2) is 7.87. The first-order chi connectivity index (χ1) is 11.5. The van der Waals surface area contributed by atoms with Crippen molar-refractivity contribution >= 4 is 29.5 Å². The largest absolute Gasteiger partial charge is 0.495 e. The molecule has 0 amide bonds. The molecule has 0 radical (unpaired) electrons. The topological polar surface area (TPSA) is 92.8 Å². The lowest BCUT2D eigenvalue weighted by Gasteiger charge is -2.28. The second-order valence-corrected chi connectivity index (χ2v) is 5.41. The number of aliphatic hydroxyl groups is 1. The Labute approximate surface area is 145 Å². The van der Waals surface area contributed by atoms with E-state index in [1.165, 1.54) is 14.0 Å². The number of halogens is 5. The fourth-order valence-electron chi connectivity index (χ4n) is 2.06. The normalized spacial score (nSPS) is 15.7. The minimum atomic E-state index is -5.28. The molecule has 0 aliphatic rings. The Hall–Kier alpha value is -2.07. The van der Waals surface area contributed by atoms with Crippen LogP contribution >= 0.6 is 11.6 Å². The first kappa shape index (κ1) is 21.0. The van der Waals surface area contributed by atoms with Crippen molar-refractivity contribution in [2.75, 3.05) is 12.5 Å². The fourth-order valence-corrected chi connectivity index (χ4v) is 2.29. The number of hydrogen-bond acceptors (Lipinski definition) is 4. The summed E-state index contributed by atoms with van der Waals surface area (Å²) in [4.78, 5) is 11.0. The van der Waals surface area contributed by atoms with Crippen LogP contribution in [0.4, 0.5) is 23.2 Å². The number of alkyl halides is 3. The third kappa shape index (κ3) is 4.51. The van der Waals surface area contributed by atoms with Gasteiger partial charge in [-0.25, -0.2) is 4.39 Å². The van der Waals surface area contributed by atoms with Crippen LogP contribution < -0.4 is 15.3 Å². The minimum absolute atomic E-state index is 0.0513. The molecule has 0 heterocycles. The molecule has 0 fully saturated rings. The van der Waals surface area contributed by atoms with Crippen LogP contribution in [0.5, 0.6) is 5.75 Å². The lowest BCUT2D eigenvalue weighted by Crippen LogP contribution is -2.79. The van der Waals surface area contributed by atoms with Crippen LogP contribution in [0.2, 0.25) is 5.02 Å². The smallest absolute Gasteiger partial charge is 0.427 e. The zero-order chi connectivity index (χ0) is 19.4. The fraction of sp³-hybridized carbons (Fsp3) is 0.429. The molecule has 11 heteroatoms. The maximum Gasteiger partial charge on any atom is 0.427 e. The van der Waals surface area contributed by atoms with Crippen LogP contribution in [0.1, 0.15) is 13.3 Å². The van der Waals surface area contributed by atoms with Crippen molar-refractivity contribution in [3.63, 3.8) is 0 Å². The molecular weight excluding hydrogens is 372 g/mol. The quantitative estimate of drug-likeness (QED) is 0.322. The van der Waals surface area contributed by atoms with Crippen molar-refractivity contribution < 1.29 is 42.4 Å². The van der Waals surface area contributed by atoms with E-state index in [2.05, 4.69) is 5.43 Å². The first-order valence-corrected chi connectivity index (χ1v) is 7.26. The summed E-state index contributed by atoms with van der Waals surface area (Å²) in [7, 11) is 1.25. The average Bonchev–Trinajstić information content (AvgIpc) is 2.48. The van der Waals surface area contributed by atoms with Gasteiger partial charge in [-0.05, 0) is 12.5 Å². The van der Waals surface area contributed by atoms with Crippen molar-refractivity contribution in [2.24, 2.45) is 5.92 Å². The number of aliphatic carboxylic acids is 1. The van der Waals surface area contributed by atoms with E-state index >= 15 is 0 Å². The number of methoxy groups -OCH3 is 1. The summed E-state index contributed by atoms with van der Waals surface area (Å²) in [6, 6.07) is 1.94. The maximum absolute atomic E-state index is 13.7. The monoisotopic (exact) mass is 387 g/mol. The molecule has 1 aromatic carbocycles. The molecular formula is C14H16ClF4N2O4+. The Morgan fingerprint density at radius 3 is 2.52 bits per heavy atom. The molecule has 0 aliphatic heterocycles. The van der Waals surface area contributed by atoms with E-state index in [9.17, 15) is 27.5 Å². The standard InChI is InChI=1S/C14H15ClF4N2O4/c1-3-7(12(22)23)13(24,14(17,18)19)6-20-21-10-5-11(25-2)8(15)4-9(10)16/h4-7,21,24H,3H2,1-2H3,(H,22,23)/p+1/b20-6-. The van der Waals surface area contributed by atoms with E-state index in [4.69, 9.17) is 21.4 Å². The van der Waals surface area contributed by atoms with Crippen LogP contribution in [0, 0.1) is 11.7 Å². The molecule has 4 N–H and O–H groups in total. The molecule has 140 valence electrons. The summed E-state index contributed by atoms with van der Waals surface area (Å²) >= 11 is 5.69. The van der Waals surface area contributed by atoms with Gasteiger partial charge >= 0.3 is 12.1 Å². The predicted octanol–water partition coefficient (Wildman–Crippen LogP) is 1.37. The van der Waals surface area contributed by atoms with Crippen molar-refractivity contribution in [2.45, 2.75) is 25.1 Å². The summed E-state index contributed by atoms with van der Waals surface area (Å²) in [5.74, 6) is -4.85. The lowest BCUT2D eigenvalue weighted by atomic mass is 9.85. The van der Waals surface area contributed by atoms with E-state index < -0.39 is 35.9 Å². The number of hydrogen-bond donors (Lipinski definition) is 4. The SMILES string of the molecule is CCC(C(=O)O)C(O)(/C=[NH+]\Nc1cc(OC)c(Cl)cc1F)C(F)(F)F. The Morgan fingerprint density at radius 2 is 2.08 bits per heavy atom. The second-order valence-electron chi connectivity index (χ2n) is 5.00. The molecule has 0 bridgehead atoms. The molecule has 0 saturated heterocycles. The highest BCUT2D eigenvalue weighted by Crippen LogP contribution is 2.36. The van der Waals surface area contributed by atoms with E-state index in [1.54, 1.807) is 0 Å². The highest BCUT2D eigenvalue weighted by atomic mass is 35.5. The van der Waals surface area contributed by atoms with Gasteiger partial charge in [0.1, 0.15) is 17.4 Å². The number of ether oxygens (including phenoxy) is 1. The zero-order valence-electron chi connectivity index (χ0n) is 13.1. The Balaban J connectivity index is 3.17. The zero-order valence-corrected chi connectivity index (χ0v) is 13.9. The highest BCUT2D eigenvalue weighted by molar-refractivity contribution is 6.32. The van der Waals surface area contributed by atoms with Crippen LogP contribution in [-0.4, -0.2) is 41.3 Å². The summed E-state index contributed by atoms with van der Waals surface area (Å²) in [5, 5.41) is 20.6. The van der Waals surface area contributed by atoms with Gasteiger partial charge in [-0.1, -0.05) is 18.5 Å². The van der Waals surface area contributed by atoms with Gasteiger partial charge < -0.3 is 14.9 Å². The predicted molar refractivity (Wildman–Crippen MR) is 81.0 cm³/mol. The first-order valence-electron chi connectivity index (χ1n) is 6.88. The number of anilines is 1. The molecule has 2 atom stereocenters. The average molecular weight is 388 g/mol. The summed E-state index contributed by atoms with van der Waals surface area (Å²) in [6.45, 7) is 1.18. The van der Waals surface area contributed by atoms with E-state index in [0.717, 1.165) is 12.1 Å². The Kier molecular flexibility index (Phi) is 6.61. The summed E-state index contributed by atoms with van der Waals surface area (Å²) in [6.07, 6.45) is -5.67. The third-order valence-corrected chi connectivity index (χ3v) is 3.73. The number of carbonyl (C=O) groups is 1. The van der Waals surface area contributed by atoms with E-state index in [1.807, 2.05) is 5.10 Å². The van der Waals surface area contributed by atoms with Gasteiger partial charge in [0.25, 0.3) is 5.60 Å². The number of nitrogens with one attached hydrogen (secondary N) is 2. The van der Waals surface area contributed by atoms with Gasteiger partial charge in [0.15, 0.2) is 5.82 Å². The Bertz CT molecular complexity index is 669. The van der Waals surface area contributed by atoms with Gasteiger partial charge in [0, 0.05) is 6.07 Å². The van der Waals surface area contributed by atoms with Crippen LogP contribution in [0.3, 0.4) is 0 Å². The molecule has 1 aromatic rings. The maximum atomic E-state index is 13.7. The van der Waals surface area contributed by atoms with Crippen molar-refractivity contribution in [3.05, 3.63) is 23.0 Å². The number of carboxylic acid groups (broad SMARTS) is 1. The molecule has 0 saturated carbocycles. The van der Waals surface area contributed by atoms with Gasteiger partial charge in [-0.3, -0.25) is 4.79 Å². The molecule has 0 spiro atoms. The van der Waals surface area contributed by atoms with Crippen LogP contribution in [0.15, 0.2) is 12.1 Å². The third-order valence-electron chi connectivity index (χ3n) is 3.43.